The molecule has 1 saturated carbocycles. The molecule has 3 rings (SSSR count). The third-order valence-corrected chi connectivity index (χ3v) is 4.29. The van der Waals surface area contributed by atoms with E-state index in [-0.39, 0.29) is 0 Å². The minimum absolute atomic E-state index is 0.566. The van der Waals surface area contributed by atoms with Gasteiger partial charge in [0.05, 0.1) is 0 Å². The third-order valence-electron chi connectivity index (χ3n) is 4.29. The first kappa shape index (κ1) is 14.0. The van der Waals surface area contributed by atoms with Gasteiger partial charge in [0.1, 0.15) is 0 Å². The van der Waals surface area contributed by atoms with Crippen LogP contribution in [0.2, 0.25) is 0 Å². The molecule has 1 fully saturated rings. The lowest BCUT2D eigenvalue weighted by Crippen LogP contribution is -2.30. The number of hydrogen-bond acceptors (Lipinski definition) is 4. The summed E-state index contributed by atoms with van der Waals surface area (Å²) >= 11 is 0. The third kappa shape index (κ3) is 3.23. The van der Waals surface area contributed by atoms with E-state index in [9.17, 15) is 0 Å². The molecule has 0 aliphatic heterocycles. The summed E-state index contributed by atoms with van der Waals surface area (Å²) < 4.78 is 1.70. The number of anilines is 1. The quantitative estimate of drug-likeness (QED) is 0.941. The van der Waals surface area contributed by atoms with Gasteiger partial charge in [-0.1, -0.05) is 26.0 Å². The molecule has 5 nitrogen and oxygen atoms in total. The van der Waals surface area contributed by atoms with Gasteiger partial charge in [-0.25, -0.2) is 4.68 Å². The van der Waals surface area contributed by atoms with E-state index >= 15 is 0 Å². The van der Waals surface area contributed by atoms with Crippen LogP contribution >= 0.6 is 0 Å². The summed E-state index contributed by atoms with van der Waals surface area (Å²) in [6, 6.07) is 8.93. The average Bonchev–Trinajstić information content (AvgIpc) is 2.84. The number of benzene rings is 1. The molecule has 2 aromatic rings. The smallest absolute Gasteiger partial charge is 0.181 e. The molecular weight excluding hydrogens is 262 g/mol. The van der Waals surface area contributed by atoms with E-state index in [2.05, 4.69) is 52.9 Å². The van der Waals surface area contributed by atoms with Crippen molar-refractivity contribution in [1.82, 2.24) is 20.2 Å². The monoisotopic (exact) mass is 285 g/mol. The molecule has 112 valence electrons. The zero-order chi connectivity index (χ0) is 14.8. The first-order valence-corrected chi connectivity index (χ1v) is 7.71. The van der Waals surface area contributed by atoms with Gasteiger partial charge in [0.15, 0.2) is 5.82 Å². The average molecular weight is 285 g/mol. The Morgan fingerprint density at radius 1 is 1.14 bits per heavy atom. The van der Waals surface area contributed by atoms with Gasteiger partial charge < -0.3 is 5.32 Å². The van der Waals surface area contributed by atoms with Crippen molar-refractivity contribution in [2.75, 3.05) is 5.32 Å². The van der Waals surface area contributed by atoms with E-state index in [0.29, 0.717) is 6.04 Å². The maximum absolute atomic E-state index is 4.07. The molecule has 21 heavy (non-hydrogen) atoms. The second-order valence-corrected chi connectivity index (χ2v) is 6.47. The van der Waals surface area contributed by atoms with Gasteiger partial charge in [-0.3, -0.25) is 0 Å². The predicted molar refractivity (Wildman–Crippen MR) is 83.8 cm³/mol. The molecule has 5 heteroatoms. The minimum atomic E-state index is 0.566. The Morgan fingerprint density at radius 2 is 1.90 bits per heavy atom. The van der Waals surface area contributed by atoms with Crippen LogP contribution in [-0.4, -0.2) is 26.2 Å². The Labute approximate surface area is 125 Å². The zero-order valence-corrected chi connectivity index (χ0v) is 13.0. The topological polar surface area (TPSA) is 55.6 Å². The van der Waals surface area contributed by atoms with E-state index in [1.807, 2.05) is 13.1 Å². The number of nitrogens with one attached hydrogen (secondary N) is 1. The number of aromatic nitrogens is 4. The van der Waals surface area contributed by atoms with Gasteiger partial charge in [-0.05, 0) is 53.7 Å². The Hall–Kier alpha value is -1.91. The highest BCUT2D eigenvalue weighted by Gasteiger charge is 2.23. The Morgan fingerprint density at radius 3 is 2.57 bits per heavy atom. The normalized spacial score (nSPS) is 25.8. The second-order valence-electron chi connectivity index (χ2n) is 6.47. The summed E-state index contributed by atoms with van der Waals surface area (Å²) in [4.78, 5) is 0. The van der Waals surface area contributed by atoms with Crippen molar-refractivity contribution in [2.24, 2.45) is 18.9 Å². The van der Waals surface area contributed by atoms with Crippen molar-refractivity contribution in [1.29, 1.82) is 0 Å². The molecule has 0 radical (unpaired) electrons. The minimum Gasteiger partial charge on any atom is -0.382 e. The van der Waals surface area contributed by atoms with E-state index in [1.165, 1.54) is 19.3 Å². The van der Waals surface area contributed by atoms with E-state index in [4.69, 9.17) is 0 Å². The van der Waals surface area contributed by atoms with Crippen molar-refractivity contribution in [3.63, 3.8) is 0 Å². The Kier molecular flexibility index (Phi) is 3.90. The van der Waals surface area contributed by atoms with Gasteiger partial charge in [-0.15, -0.1) is 5.10 Å². The Balaban J connectivity index is 1.76. The first-order chi connectivity index (χ1) is 10.1. The number of nitrogens with zero attached hydrogens (tertiary/aromatic N) is 4. The zero-order valence-electron chi connectivity index (χ0n) is 13.0. The molecule has 1 N–H and O–H groups in total. The largest absolute Gasteiger partial charge is 0.382 e. The Bertz CT molecular complexity index is 596. The first-order valence-electron chi connectivity index (χ1n) is 7.71. The molecule has 1 aliphatic rings. The number of rotatable bonds is 3. The van der Waals surface area contributed by atoms with Gasteiger partial charge in [-0.2, -0.15) is 0 Å². The van der Waals surface area contributed by atoms with Crippen LogP contribution in [-0.2, 0) is 7.05 Å². The molecule has 0 saturated heterocycles. The van der Waals surface area contributed by atoms with E-state index in [1.54, 1.807) is 4.68 Å². The van der Waals surface area contributed by atoms with E-state index < -0.39 is 0 Å². The number of tetrazole rings is 1. The molecule has 0 spiro atoms. The lowest BCUT2D eigenvalue weighted by molar-refractivity contribution is 0.281. The molecule has 1 aliphatic carbocycles. The molecule has 2 unspecified atom stereocenters. The van der Waals surface area contributed by atoms with Crippen molar-refractivity contribution in [3.05, 3.63) is 24.3 Å². The summed E-state index contributed by atoms with van der Waals surface area (Å²) in [5.41, 5.74) is 2.20. The maximum atomic E-state index is 4.07. The van der Waals surface area contributed by atoms with Gasteiger partial charge in [0.2, 0.25) is 0 Å². The van der Waals surface area contributed by atoms with Crippen LogP contribution in [0.3, 0.4) is 0 Å². The molecule has 1 aromatic carbocycles. The van der Waals surface area contributed by atoms with Crippen molar-refractivity contribution < 1.29 is 0 Å². The molecule has 0 amide bonds. The highest BCUT2D eigenvalue weighted by molar-refractivity contribution is 5.62. The van der Waals surface area contributed by atoms with Crippen LogP contribution in [0.1, 0.15) is 33.1 Å². The number of hydrogen-bond donors (Lipinski definition) is 1. The fraction of sp³-hybridized carbons (Fsp3) is 0.562. The lowest BCUT2D eigenvalue weighted by Gasteiger charge is -2.32. The van der Waals surface area contributed by atoms with Crippen LogP contribution in [0.15, 0.2) is 24.3 Å². The fourth-order valence-electron chi connectivity index (χ4n) is 3.52. The standard InChI is InChI=1S/C16H23N5/c1-11-7-12(2)9-15(8-11)17-14-6-4-5-13(10-14)16-18-19-20-21(16)3/h4-6,10-12,15,17H,7-9H2,1-3H3. The molecule has 0 bridgehead atoms. The fourth-order valence-corrected chi connectivity index (χ4v) is 3.52. The van der Waals surface area contributed by atoms with Crippen LogP contribution in [0, 0.1) is 11.8 Å². The van der Waals surface area contributed by atoms with Gasteiger partial charge in [0.25, 0.3) is 0 Å². The van der Waals surface area contributed by atoms with Gasteiger partial charge in [0, 0.05) is 24.3 Å². The lowest BCUT2D eigenvalue weighted by atomic mass is 9.80. The van der Waals surface area contributed by atoms with E-state index in [0.717, 1.165) is 28.9 Å². The maximum Gasteiger partial charge on any atom is 0.181 e. The summed E-state index contributed by atoms with van der Waals surface area (Å²) in [6.07, 6.45) is 3.85. The van der Waals surface area contributed by atoms with Crippen LogP contribution in [0.4, 0.5) is 5.69 Å². The highest BCUT2D eigenvalue weighted by atomic mass is 15.5. The highest BCUT2D eigenvalue weighted by Crippen LogP contribution is 2.31. The van der Waals surface area contributed by atoms with Crippen LogP contribution in [0.5, 0.6) is 0 Å². The molecule has 2 atom stereocenters. The predicted octanol–water partition coefficient (Wildman–Crippen LogP) is 3.11. The van der Waals surface area contributed by atoms with Crippen molar-refractivity contribution in [2.45, 2.75) is 39.2 Å². The van der Waals surface area contributed by atoms with Gasteiger partial charge >= 0.3 is 0 Å². The summed E-state index contributed by atoms with van der Waals surface area (Å²) in [6.45, 7) is 4.71. The van der Waals surface area contributed by atoms with Crippen molar-refractivity contribution in [3.8, 4) is 11.4 Å². The second kappa shape index (κ2) is 5.84. The molecular formula is C16H23N5. The molecule has 1 heterocycles. The summed E-state index contributed by atoms with van der Waals surface area (Å²) in [5, 5.41) is 15.4. The van der Waals surface area contributed by atoms with Crippen molar-refractivity contribution >= 4 is 5.69 Å². The van der Waals surface area contributed by atoms with Crippen LogP contribution < -0.4 is 5.32 Å². The summed E-state index contributed by atoms with van der Waals surface area (Å²) in [5.74, 6) is 2.40. The van der Waals surface area contributed by atoms with Crippen LogP contribution in [0.25, 0.3) is 11.4 Å². The number of aryl methyl sites for hydroxylation is 1. The molecule has 1 aromatic heterocycles. The SMILES string of the molecule is CC1CC(C)CC(Nc2cccc(-c3nnnn3C)c2)C1. The summed E-state index contributed by atoms with van der Waals surface area (Å²) in [7, 11) is 1.86.